The minimum absolute atomic E-state index is 0.288. The van der Waals surface area contributed by atoms with Gasteiger partial charge in [0.05, 0.1) is 10.3 Å². The summed E-state index contributed by atoms with van der Waals surface area (Å²) in [6.07, 6.45) is 3.70. The highest BCUT2D eigenvalue weighted by atomic mass is 32.1. The largest absolute Gasteiger partial charge is 0.366 e. The number of hydrogen-bond acceptors (Lipinski definition) is 5. The number of benzene rings is 1. The summed E-state index contributed by atoms with van der Waals surface area (Å²) in [7, 11) is 0. The molecule has 1 aliphatic heterocycles. The normalized spacial score (nSPS) is 17.3. The molecule has 7 heteroatoms. The molecule has 1 aliphatic rings. The van der Waals surface area contributed by atoms with E-state index in [1.54, 1.807) is 6.07 Å². The molecule has 2 aromatic heterocycles. The Morgan fingerprint density at radius 3 is 3.00 bits per heavy atom. The van der Waals surface area contributed by atoms with Crippen LogP contribution in [-0.2, 0) is 0 Å². The summed E-state index contributed by atoms with van der Waals surface area (Å²) >= 11 is 1.43. The molecule has 0 radical (unpaired) electrons. The molecule has 0 aliphatic carbocycles. The predicted molar refractivity (Wildman–Crippen MR) is 103 cm³/mol. The fourth-order valence-electron chi connectivity index (χ4n) is 3.27. The first-order chi connectivity index (χ1) is 12.6. The number of nitrogens with zero attached hydrogens (tertiary/aromatic N) is 1. The van der Waals surface area contributed by atoms with Gasteiger partial charge < -0.3 is 16.4 Å². The molecule has 26 heavy (non-hydrogen) atoms. The van der Waals surface area contributed by atoms with E-state index in [4.69, 9.17) is 5.73 Å². The second kappa shape index (κ2) is 7.01. The number of rotatable bonds is 4. The number of aromatic nitrogens is 1. The molecule has 4 N–H and O–H groups in total. The van der Waals surface area contributed by atoms with Crippen LogP contribution in [0.4, 0.5) is 10.2 Å². The van der Waals surface area contributed by atoms with Crippen LogP contribution in [0.25, 0.3) is 20.5 Å². The van der Waals surface area contributed by atoms with Crippen LogP contribution in [0.2, 0.25) is 0 Å². The van der Waals surface area contributed by atoms with Gasteiger partial charge in [-0.15, -0.1) is 11.3 Å². The summed E-state index contributed by atoms with van der Waals surface area (Å²) in [5, 5.41) is 7.68. The summed E-state index contributed by atoms with van der Waals surface area (Å²) < 4.78 is 14.4. The zero-order valence-electron chi connectivity index (χ0n) is 14.1. The van der Waals surface area contributed by atoms with E-state index in [2.05, 4.69) is 15.6 Å². The fourth-order valence-corrected chi connectivity index (χ4v) is 4.44. The smallest absolute Gasteiger partial charge is 0.251 e. The summed E-state index contributed by atoms with van der Waals surface area (Å²) in [6.45, 7) is 1.91. The molecule has 0 spiro atoms. The van der Waals surface area contributed by atoms with Gasteiger partial charge in [0.25, 0.3) is 5.91 Å². The lowest BCUT2D eigenvalue weighted by atomic mass is 10.1. The van der Waals surface area contributed by atoms with E-state index in [1.165, 1.54) is 29.7 Å². The van der Waals surface area contributed by atoms with Gasteiger partial charge in [-0.05, 0) is 43.1 Å². The van der Waals surface area contributed by atoms with Crippen LogP contribution in [0.15, 0.2) is 36.5 Å². The number of amides is 1. The minimum atomic E-state index is -0.513. The van der Waals surface area contributed by atoms with E-state index >= 15 is 0 Å². The lowest BCUT2D eigenvalue weighted by Gasteiger charge is -2.24. The van der Waals surface area contributed by atoms with Gasteiger partial charge in [-0.25, -0.2) is 9.37 Å². The molecule has 0 saturated carbocycles. The molecular weight excluding hydrogens is 351 g/mol. The summed E-state index contributed by atoms with van der Waals surface area (Å²) in [5.74, 6) is -0.0709. The standard InChI is InChI=1S/C19H19FN4OS/c20-12-4-1-3-11(7-12)16-8-14-17(26-16)15(18(21)25)10-23-19(14)24-13-5-2-6-22-9-13/h1,3-4,7-8,10,13,22H,2,5-6,9H2,(H2,21,25)(H,23,24). The fraction of sp³-hybridized carbons (Fsp3) is 0.263. The Balaban J connectivity index is 1.80. The van der Waals surface area contributed by atoms with Crippen LogP contribution in [0.1, 0.15) is 23.2 Å². The van der Waals surface area contributed by atoms with Crippen molar-refractivity contribution in [3.8, 4) is 10.4 Å². The van der Waals surface area contributed by atoms with Gasteiger partial charge in [0, 0.05) is 29.0 Å². The Labute approximate surface area is 154 Å². The molecular formula is C19H19FN4OS. The van der Waals surface area contributed by atoms with E-state index in [0.717, 1.165) is 52.3 Å². The minimum Gasteiger partial charge on any atom is -0.366 e. The van der Waals surface area contributed by atoms with Crippen molar-refractivity contribution in [3.05, 3.63) is 47.9 Å². The maximum atomic E-state index is 13.6. The van der Waals surface area contributed by atoms with E-state index < -0.39 is 5.91 Å². The third-order valence-electron chi connectivity index (χ3n) is 4.57. The van der Waals surface area contributed by atoms with E-state index in [9.17, 15) is 9.18 Å². The topological polar surface area (TPSA) is 80.0 Å². The number of fused-ring (bicyclic) bond motifs is 1. The van der Waals surface area contributed by atoms with Gasteiger partial charge >= 0.3 is 0 Å². The number of thiophene rings is 1. The Bertz CT molecular complexity index is 965. The summed E-state index contributed by atoms with van der Waals surface area (Å²) in [6, 6.07) is 8.67. The molecule has 1 aromatic carbocycles. The number of carbonyl (C=O) groups excluding carboxylic acids is 1. The highest BCUT2D eigenvalue weighted by Gasteiger charge is 2.19. The van der Waals surface area contributed by atoms with Crippen molar-refractivity contribution < 1.29 is 9.18 Å². The van der Waals surface area contributed by atoms with Gasteiger partial charge in [-0.3, -0.25) is 4.79 Å². The molecule has 1 unspecified atom stereocenters. The number of pyridine rings is 1. The van der Waals surface area contributed by atoms with Crippen LogP contribution in [0.3, 0.4) is 0 Å². The monoisotopic (exact) mass is 370 g/mol. The Morgan fingerprint density at radius 1 is 1.38 bits per heavy atom. The Morgan fingerprint density at radius 2 is 2.27 bits per heavy atom. The quantitative estimate of drug-likeness (QED) is 0.658. The second-order valence-electron chi connectivity index (χ2n) is 6.44. The number of hydrogen-bond donors (Lipinski definition) is 3. The highest BCUT2D eigenvalue weighted by Crippen LogP contribution is 2.38. The van der Waals surface area contributed by atoms with Gasteiger partial charge in [0.1, 0.15) is 11.6 Å². The van der Waals surface area contributed by atoms with E-state index in [-0.39, 0.29) is 11.9 Å². The zero-order chi connectivity index (χ0) is 18.1. The van der Waals surface area contributed by atoms with Gasteiger partial charge in [0.15, 0.2) is 0 Å². The number of anilines is 1. The predicted octanol–water partition coefficient (Wildman–Crippen LogP) is 3.37. The van der Waals surface area contributed by atoms with Gasteiger partial charge in [-0.2, -0.15) is 0 Å². The molecule has 0 bridgehead atoms. The molecule has 5 nitrogen and oxygen atoms in total. The van der Waals surface area contributed by atoms with Gasteiger partial charge in [-0.1, -0.05) is 12.1 Å². The average molecular weight is 370 g/mol. The first kappa shape index (κ1) is 16.9. The lowest BCUT2D eigenvalue weighted by molar-refractivity contribution is 0.100. The van der Waals surface area contributed by atoms with E-state index in [0.29, 0.717) is 5.56 Å². The van der Waals surface area contributed by atoms with Crippen molar-refractivity contribution >= 4 is 33.1 Å². The number of nitrogens with two attached hydrogens (primary N) is 1. The van der Waals surface area contributed by atoms with Crippen molar-refractivity contribution in [1.82, 2.24) is 10.3 Å². The molecule has 1 atom stereocenters. The van der Waals surface area contributed by atoms with Crippen LogP contribution < -0.4 is 16.4 Å². The number of nitrogens with one attached hydrogen (secondary N) is 2. The highest BCUT2D eigenvalue weighted by molar-refractivity contribution is 7.22. The number of carbonyl (C=O) groups is 1. The number of primary amides is 1. The van der Waals surface area contributed by atoms with Crippen molar-refractivity contribution in [2.45, 2.75) is 18.9 Å². The molecule has 4 rings (SSSR count). The maximum absolute atomic E-state index is 13.6. The first-order valence-electron chi connectivity index (χ1n) is 8.57. The SMILES string of the molecule is NC(=O)c1cnc(NC2CCCNC2)c2cc(-c3cccc(F)c3)sc12. The summed E-state index contributed by atoms with van der Waals surface area (Å²) in [5.41, 5.74) is 6.68. The van der Waals surface area contributed by atoms with Crippen molar-refractivity contribution in [2.75, 3.05) is 18.4 Å². The van der Waals surface area contributed by atoms with Crippen molar-refractivity contribution in [1.29, 1.82) is 0 Å². The first-order valence-corrected chi connectivity index (χ1v) is 9.39. The Kier molecular flexibility index (Phi) is 4.57. The third-order valence-corrected chi connectivity index (χ3v) is 5.78. The van der Waals surface area contributed by atoms with Crippen LogP contribution >= 0.6 is 11.3 Å². The molecule has 1 saturated heterocycles. The molecule has 3 heterocycles. The molecule has 3 aromatic rings. The lowest BCUT2D eigenvalue weighted by Crippen LogP contribution is -2.38. The van der Waals surface area contributed by atoms with Crippen LogP contribution in [0, 0.1) is 5.82 Å². The second-order valence-corrected chi connectivity index (χ2v) is 7.49. The third kappa shape index (κ3) is 3.27. The van der Waals surface area contributed by atoms with Gasteiger partial charge in [0.2, 0.25) is 0 Å². The van der Waals surface area contributed by atoms with Crippen LogP contribution in [0.5, 0.6) is 0 Å². The summed E-state index contributed by atoms with van der Waals surface area (Å²) in [4.78, 5) is 17.1. The average Bonchev–Trinajstić information content (AvgIpc) is 3.08. The molecule has 1 amide bonds. The van der Waals surface area contributed by atoms with E-state index in [1.807, 2.05) is 12.1 Å². The molecule has 134 valence electrons. The number of halogens is 1. The maximum Gasteiger partial charge on any atom is 0.251 e. The molecule has 1 fully saturated rings. The van der Waals surface area contributed by atoms with Crippen LogP contribution in [-0.4, -0.2) is 30.0 Å². The van der Waals surface area contributed by atoms with Crippen molar-refractivity contribution in [2.24, 2.45) is 5.73 Å². The van der Waals surface area contributed by atoms with Crippen molar-refractivity contribution in [3.63, 3.8) is 0 Å². The number of piperidine rings is 1. The zero-order valence-corrected chi connectivity index (χ0v) is 14.9. The Hall–Kier alpha value is -2.51.